The van der Waals surface area contributed by atoms with Crippen molar-refractivity contribution in [1.29, 1.82) is 0 Å². The van der Waals surface area contributed by atoms with E-state index in [9.17, 15) is 0 Å². The van der Waals surface area contributed by atoms with Crippen molar-refractivity contribution in [1.82, 2.24) is 4.90 Å². The Labute approximate surface area is 82.6 Å². The summed E-state index contributed by atoms with van der Waals surface area (Å²) in [6.07, 6.45) is 5.01. The smallest absolute Gasteiger partial charge is 0.103 e. The molecule has 0 radical (unpaired) electrons. The number of rotatable bonds is 8. The molecular formula is C11H23NO. The summed E-state index contributed by atoms with van der Waals surface area (Å²) in [6, 6.07) is 0. The largest absolute Gasteiger partial charge is 0.497 e. The molecule has 2 heteroatoms. The van der Waals surface area contributed by atoms with Crippen molar-refractivity contribution < 1.29 is 4.74 Å². The zero-order chi connectivity index (χ0) is 10.1. The van der Waals surface area contributed by atoms with Gasteiger partial charge in [0.15, 0.2) is 0 Å². The van der Waals surface area contributed by atoms with Crippen LogP contribution < -0.4 is 0 Å². The van der Waals surface area contributed by atoms with Gasteiger partial charge in [0.25, 0.3) is 0 Å². The summed E-state index contributed by atoms with van der Waals surface area (Å²) in [7, 11) is 4.04. The van der Waals surface area contributed by atoms with E-state index in [0.717, 1.165) is 25.3 Å². The maximum Gasteiger partial charge on any atom is 0.103 e. The van der Waals surface area contributed by atoms with Gasteiger partial charge in [0.05, 0.1) is 13.2 Å². The Morgan fingerprint density at radius 1 is 1.23 bits per heavy atom. The van der Waals surface area contributed by atoms with Crippen molar-refractivity contribution in [2.45, 2.75) is 32.6 Å². The second-order valence-electron chi connectivity index (χ2n) is 3.69. The maximum absolute atomic E-state index is 5.46. The highest BCUT2D eigenvalue weighted by atomic mass is 16.5. The van der Waals surface area contributed by atoms with Gasteiger partial charge in [-0.15, -0.1) is 0 Å². The predicted molar refractivity (Wildman–Crippen MR) is 57.8 cm³/mol. The summed E-state index contributed by atoms with van der Waals surface area (Å²) in [4.78, 5) is 2.06. The molecule has 0 bridgehead atoms. The monoisotopic (exact) mass is 185 g/mol. The first-order valence-electron chi connectivity index (χ1n) is 5.12. The van der Waals surface area contributed by atoms with Gasteiger partial charge < -0.3 is 9.64 Å². The van der Waals surface area contributed by atoms with Crippen molar-refractivity contribution in [2.75, 3.05) is 27.2 Å². The van der Waals surface area contributed by atoms with Gasteiger partial charge in [0.1, 0.15) is 5.76 Å². The van der Waals surface area contributed by atoms with Gasteiger partial charge in [0.2, 0.25) is 0 Å². The van der Waals surface area contributed by atoms with Gasteiger partial charge in [-0.3, -0.25) is 0 Å². The third kappa shape index (κ3) is 9.41. The highest BCUT2D eigenvalue weighted by Gasteiger charge is 1.96. The van der Waals surface area contributed by atoms with Crippen LogP contribution in [0.1, 0.15) is 32.6 Å². The van der Waals surface area contributed by atoms with E-state index in [1.807, 2.05) is 14.1 Å². The molecular weight excluding hydrogens is 162 g/mol. The van der Waals surface area contributed by atoms with Crippen LogP contribution in [0.4, 0.5) is 0 Å². The molecule has 0 amide bonds. The summed E-state index contributed by atoms with van der Waals surface area (Å²) >= 11 is 0. The Kier molecular flexibility index (Phi) is 7.80. The number of unbranched alkanes of at least 4 members (excludes halogenated alkanes) is 3. The van der Waals surface area contributed by atoms with Crippen LogP contribution in [0.3, 0.4) is 0 Å². The summed E-state index contributed by atoms with van der Waals surface area (Å²) in [5, 5.41) is 0. The second kappa shape index (κ2) is 8.11. The Morgan fingerprint density at radius 3 is 2.46 bits per heavy atom. The highest BCUT2D eigenvalue weighted by Crippen LogP contribution is 2.02. The molecule has 0 aromatic rings. The summed E-state index contributed by atoms with van der Waals surface area (Å²) in [5.74, 6) is 0.876. The topological polar surface area (TPSA) is 12.5 Å². The zero-order valence-corrected chi connectivity index (χ0v) is 9.31. The van der Waals surface area contributed by atoms with Gasteiger partial charge in [-0.05, 0) is 20.5 Å². The van der Waals surface area contributed by atoms with Gasteiger partial charge in [-0.25, -0.2) is 0 Å². The Balaban J connectivity index is 3.17. The molecule has 0 saturated carbocycles. The van der Waals surface area contributed by atoms with Gasteiger partial charge >= 0.3 is 0 Å². The number of nitrogens with zero attached hydrogens (tertiary/aromatic N) is 1. The maximum atomic E-state index is 5.46. The fraction of sp³-hybridized carbons (Fsp3) is 0.818. The molecule has 0 rings (SSSR count). The molecule has 0 aliphatic rings. The summed E-state index contributed by atoms with van der Waals surface area (Å²) in [6.45, 7) is 7.72. The normalized spacial score (nSPS) is 10.5. The molecule has 0 aromatic carbocycles. The van der Waals surface area contributed by atoms with Crippen LogP contribution in [0.25, 0.3) is 0 Å². The van der Waals surface area contributed by atoms with E-state index in [4.69, 9.17) is 4.74 Å². The number of hydrogen-bond acceptors (Lipinski definition) is 2. The number of hydrogen-bond donors (Lipinski definition) is 0. The molecule has 13 heavy (non-hydrogen) atoms. The van der Waals surface area contributed by atoms with Gasteiger partial charge in [0, 0.05) is 0 Å². The molecule has 0 spiro atoms. The Morgan fingerprint density at radius 2 is 1.92 bits per heavy atom. The minimum atomic E-state index is 0.826. The van der Waals surface area contributed by atoms with Crippen LogP contribution in [-0.4, -0.2) is 32.1 Å². The van der Waals surface area contributed by atoms with Crippen molar-refractivity contribution in [3.8, 4) is 0 Å². The standard InChI is InChI=1S/C11H23NO/c1-5-6-7-8-9-13-11(2)10-12(3)4/h2,5-10H2,1,3-4H3. The second-order valence-corrected chi connectivity index (χ2v) is 3.69. The molecule has 0 saturated heterocycles. The van der Waals surface area contributed by atoms with Crippen molar-refractivity contribution in [3.63, 3.8) is 0 Å². The minimum Gasteiger partial charge on any atom is -0.497 e. The molecule has 0 aliphatic heterocycles. The lowest BCUT2D eigenvalue weighted by Crippen LogP contribution is -2.16. The molecule has 0 heterocycles. The first-order chi connectivity index (χ1) is 6.16. The van der Waals surface area contributed by atoms with E-state index in [-0.39, 0.29) is 0 Å². The zero-order valence-electron chi connectivity index (χ0n) is 9.31. The number of likely N-dealkylation sites (N-methyl/N-ethyl adjacent to an activating group) is 1. The molecule has 2 nitrogen and oxygen atoms in total. The lowest BCUT2D eigenvalue weighted by Gasteiger charge is -2.13. The fourth-order valence-electron chi connectivity index (χ4n) is 1.14. The van der Waals surface area contributed by atoms with Crippen LogP contribution >= 0.6 is 0 Å². The van der Waals surface area contributed by atoms with E-state index < -0.39 is 0 Å². The van der Waals surface area contributed by atoms with E-state index in [2.05, 4.69) is 18.4 Å². The molecule has 0 fully saturated rings. The van der Waals surface area contributed by atoms with Crippen molar-refractivity contribution in [3.05, 3.63) is 12.3 Å². The third-order valence-corrected chi connectivity index (χ3v) is 1.80. The highest BCUT2D eigenvalue weighted by molar-refractivity contribution is 4.84. The van der Waals surface area contributed by atoms with E-state index in [1.54, 1.807) is 0 Å². The van der Waals surface area contributed by atoms with Crippen LogP contribution in [0.2, 0.25) is 0 Å². The SMILES string of the molecule is C=C(CN(C)C)OCCCCCC. The van der Waals surface area contributed by atoms with Crippen LogP contribution in [0.5, 0.6) is 0 Å². The first kappa shape index (κ1) is 12.5. The van der Waals surface area contributed by atoms with Crippen LogP contribution in [0, 0.1) is 0 Å². The molecule has 78 valence electrons. The average molecular weight is 185 g/mol. The van der Waals surface area contributed by atoms with Crippen molar-refractivity contribution in [2.24, 2.45) is 0 Å². The lowest BCUT2D eigenvalue weighted by molar-refractivity contribution is 0.183. The predicted octanol–water partition coefficient (Wildman–Crippen LogP) is 2.66. The minimum absolute atomic E-state index is 0.826. The summed E-state index contributed by atoms with van der Waals surface area (Å²) in [5.41, 5.74) is 0. The summed E-state index contributed by atoms with van der Waals surface area (Å²) < 4.78 is 5.46. The first-order valence-corrected chi connectivity index (χ1v) is 5.12. The average Bonchev–Trinajstić information content (AvgIpc) is 2.02. The van der Waals surface area contributed by atoms with E-state index in [1.165, 1.54) is 19.3 Å². The number of ether oxygens (including phenoxy) is 1. The Bertz CT molecular complexity index is 132. The molecule has 0 aromatic heterocycles. The van der Waals surface area contributed by atoms with Gasteiger partial charge in [-0.1, -0.05) is 32.8 Å². The quantitative estimate of drug-likeness (QED) is 0.426. The Hall–Kier alpha value is -0.500. The third-order valence-electron chi connectivity index (χ3n) is 1.80. The molecule has 0 atom stereocenters. The molecule has 0 unspecified atom stereocenters. The van der Waals surface area contributed by atoms with Crippen LogP contribution in [-0.2, 0) is 4.74 Å². The van der Waals surface area contributed by atoms with Crippen LogP contribution in [0.15, 0.2) is 12.3 Å². The fourth-order valence-corrected chi connectivity index (χ4v) is 1.14. The van der Waals surface area contributed by atoms with E-state index in [0.29, 0.717) is 0 Å². The van der Waals surface area contributed by atoms with Gasteiger partial charge in [-0.2, -0.15) is 0 Å². The molecule has 0 N–H and O–H groups in total. The van der Waals surface area contributed by atoms with E-state index >= 15 is 0 Å². The molecule has 0 aliphatic carbocycles. The van der Waals surface area contributed by atoms with Crippen molar-refractivity contribution >= 4 is 0 Å². The lowest BCUT2D eigenvalue weighted by atomic mass is 10.2.